The van der Waals surface area contributed by atoms with Gasteiger partial charge in [-0.2, -0.15) is 5.10 Å². The molecule has 0 atom stereocenters. The molecule has 1 aliphatic rings. The lowest BCUT2D eigenvalue weighted by molar-refractivity contribution is 0.338. The molecule has 0 amide bonds. The van der Waals surface area contributed by atoms with Gasteiger partial charge in [-0.25, -0.2) is 0 Å². The molecule has 0 aromatic carbocycles. The zero-order valence-electron chi connectivity index (χ0n) is 14.5. The summed E-state index contributed by atoms with van der Waals surface area (Å²) in [5.41, 5.74) is 4.03. The van der Waals surface area contributed by atoms with Gasteiger partial charge in [-0.15, -0.1) is 0 Å². The van der Waals surface area contributed by atoms with Crippen LogP contribution in [0.1, 0.15) is 44.7 Å². The van der Waals surface area contributed by atoms with E-state index in [2.05, 4.69) is 27.8 Å². The number of ether oxygens (including phenoxy) is 2. The molecule has 0 unspecified atom stereocenters. The predicted molar refractivity (Wildman–Crippen MR) is 94.2 cm³/mol. The third-order valence-corrected chi connectivity index (χ3v) is 4.38. The van der Waals surface area contributed by atoms with E-state index in [-0.39, 0.29) is 0 Å². The Hall–Kier alpha value is -2.30. The van der Waals surface area contributed by atoms with Crippen LogP contribution in [0.2, 0.25) is 0 Å². The Bertz CT molecular complexity index is 706. The van der Waals surface area contributed by atoms with Crippen LogP contribution in [-0.2, 0) is 6.54 Å². The Morgan fingerprint density at radius 3 is 2.83 bits per heavy atom. The molecule has 0 saturated carbocycles. The van der Waals surface area contributed by atoms with Gasteiger partial charge in [0.1, 0.15) is 18.1 Å². The van der Waals surface area contributed by atoms with E-state index in [1.165, 1.54) is 29.7 Å². The number of pyridine rings is 1. The number of aromatic nitrogens is 3. The third kappa shape index (κ3) is 3.78. The lowest BCUT2D eigenvalue weighted by atomic mass is 9.90. The minimum Gasteiger partial charge on any atom is -0.495 e. The van der Waals surface area contributed by atoms with E-state index in [0.717, 1.165) is 31.6 Å². The van der Waals surface area contributed by atoms with Crippen molar-refractivity contribution in [2.24, 2.45) is 0 Å². The second kappa shape index (κ2) is 7.99. The fourth-order valence-corrected chi connectivity index (χ4v) is 3.18. The van der Waals surface area contributed by atoms with Crippen molar-refractivity contribution in [2.45, 2.75) is 45.6 Å². The van der Waals surface area contributed by atoms with E-state index in [1.807, 2.05) is 12.3 Å². The predicted octanol–water partition coefficient (Wildman–Crippen LogP) is 4.10. The quantitative estimate of drug-likeness (QED) is 0.768. The summed E-state index contributed by atoms with van der Waals surface area (Å²) >= 11 is 0. The van der Waals surface area contributed by atoms with Crippen LogP contribution in [0.15, 0.2) is 36.3 Å². The van der Waals surface area contributed by atoms with Crippen LogP contribution in [0.5, 0.6) is 11.5 Å². The second-order valence-corrected chi connectivity index (χ2v) is 6.08. The van der Waals surface area contributed by atoms with E-state index in [0.29, 0.717) is 12.4 Å². The number of methoxy groups -OCH3 is 1. The standard InChI is InChI=1S/C19H25N3O2/c1-3-10-22-19(8-9-21-22)18-7-5-4-6-15(18)14-24-17-11-16(23-2)12-20-13-17/h8-9,11-13H,3-7,10,14H2,1-2H3. The molecule has 0 radical (unpaired) electrons. The van der Waals surface area contributed by atoms with Crippen molar-refractivity contribution in [2.75, 3.05) is 13.7 Å². The summed E-state index contributed by atoms with van der Waals surface area (Å²) in [5.74, 6) is 1.46. The topological polar surface area (TPSA) is 49.2 Å². The summed E-state index contributed by atoms with van der Waals surface area (Å²) in [7, 11) is 1.64. The van der Waals surface area contributed by atoms with Crippen molar-refractivity contribution in [3.8, 4) is 11.5 Å². The molecule has 24 heavy (non-hydrogen) atoms. The number of allylic oxidation sites excluding steroid dienone is 1. The average molecular weight is 327 g/mol. The fourth-order valence-electron chi connectivity index (χ4n) is 3.18. The Morgan fingerprint density at radius 1 is 1.17 bits per heavy atom. The van der Waals surface area contributed by atoms with Gasteiger partial charge in [0.25, 0.3) is 0 Å². The Kier molecular flexibility index (Phi) is 5.51. The van der Waals surface area contributed by atoms with Crippen molar-refractivity contribution in [1.29, 1.82) is 0 Å². The molecule has 2 aromatic heterocycles. The average Bonchev–Trinajstić information content (AvgIpc) is 3.09. The molecule has 5 heteroatoms. The van der Waals surface area contributed by atoms with E-state index in [4.69, 9.17) is 9.47 Å². The summed E-state index contributed by atoms with van der Waals surface area (Å²) < 4.78 is 13.3. The largest absolute Gasteiger partial charge is 0.495 e. The SMILES string of the molecule is CCCn1nccc1C1=C(COc2cncc(OC)c2)CCCC1. The Balaban J connectivity index is 1.80. The number of rotatable bonds is 7. The first kappa shape index (κ1) is 16.6. The molecule has 0 bridgehead atoms. The van der Waals surface area contributed by atoms with Crippen LogP contribution in [0.4, 0.5) is 0 Å². The van der Waals surface area contributed by atoms with Crippen LogP contribution in [0, 0.1) is 0 Å². The first-order valence-electron chi connectivity index (χ1n) is 8.66. The number of nitrogens with zero attached hydrogens (tertiary/aromatic N) is 3. The van der Waals surface area contributed by atoms with Gasteiger partial charge >= 0.3 is 0 Å². The molecular formula is C19H25N3O2. The smallest absolute Gasteiger partial charge is 0.141 e. The minimum absolute atomic E-state index is 0.599. The summed E-state index contributed by atoms with van der Waals surface area (Å²) in [6.45, 7) is 3.74. The van der Waals surface area contributed by atoms with Gasteiger partial charge in [0.15, 0.2) is 0 Å². The highest BCUT2D eigenvalue weighted by Crippen LogP contribution is 2.33. The van der Waals surface area contributed by atoms with Crippen molar-refractivity contribution >= 4 is 5.57 Å². The molecule has 0 saturated heterocycles. The van der Waals surface area contributed by atoms with Crippen molar-refractivity contribution in [3.05, 3.63) is 42.0 Å². The van der Waals surface area contributed by atoms with Gasteiger partial charge in [-0.05, 0) is 49.3 Å². The molecule has 1 aliphatic carbocycles. The van der Waals surface area contributed by atoms with E-state index in [9.17, 15) is 0 Å². The van der Waals surface area contributed by atoms with Gasteiger partial charge in [0.2, 0.25) is 0 Å². The second-order valence-electron chi connectivity index (χ2n) is 6.08. The lowest BCUT2D eigenvalue weighted by Gasteiger charge is -2.21. The maximum Gasteiger partial charge on any atom is 0.141 e. The van der Waals surface area contributed by atoms with Crippen molar-refractivity contribution < 1.29 is 9.47 Å². The normalized spacial score (nSPS) is 14.8. The van der Waals surface area contributed by atoms with Gasteiger partial charge in [0.05, 0.1) is 25.2 Å². The maximum absolute atomic E-state index is 5.99. The number of hydrogen-bond donors (Lipinski definition) is 0. The number of hydrogen-bond acceptors (Lipinski definition) is 4. The van der Waals surface area contributed by atoms with Crippen LogP contribution in [0.25, 0.3) is 5.57 Å². The molecule has 0 spiro atoms. The summed E-state index contributed by atoms with van der Waals surface area (Å²) in [6.07, 6.45) is 11.0. The number of aryl methyl sites for hydroxylation is 1. The lowest BCUT2D eigenvalue weighted by Crippen LogP contribution is -2.12. The zero-order valence-corrected chi connectivity index (χ0v) is 14.5. The van der Waals surface area contributed by atoms with E-state index >= 15 is 0 Å². The van der Waals surface area contributed by atoms with E-state index in [1.54, 1.807) is 19.5 Å². The van der Waals surface area contributed by atoms with Gasteiger partial charge in [-0.1, -0.05) is 6.92 Å². The van der Waals surface area contributed by atoms with Gasteiger partial charge in [0, 0.05) is 18.8 Å². The fraction of sp³-hybridized carbons (Fsp3) is 0.474. The first-order valence-corrected chi connectivity index (χ1v) is 8.66. The summed E-state index contributed by atoms with van der Waals surface area (Å²) in [4.78, 5) is 4.15. The Labute approximate surface area is 143 Å². The molecule has 0 N–H and O–H groups in total. The monoisotopic (exact) mass is 327 g/mol. The van der Waals surface area contributed by atoms with Gasteiger partial charge < -0.3 is 9.47 Å². The molecule has 2 heterocycles. The van der Waals surface area contributed by atoms with Crippen molar-refractivity contribution in [1.82, 2.24) is 14.8 Å². The van der Waals surface area contributed by atoms with E-state index < -0.39 is 0 Å². The summed E-state index contributed by atoms with van der Waals surface area (Å²) in [6, 6.07) is 4.00. The Morgan fingerprint density at radius 2 is 2.00 bits per heavy atom. The van der Waals surface area contributed by atoms with Crippen molar-refractivity contribution in [3.63, 3.8) is 0 Å². The highest BCUT2D eigenvalue weighted by atomic mass is 16.5. The minimum atomic E-state index is 0.599. The first-order chi connectivity index (χ1) is 11.8. The maximum atomic E-state index is 5.99. The molecule has 3 rings (SSSR count). The molecule has 0 fully saturated rings. The molecule has 5 nitrogen and oxygen atoms in total. The highest BCUT2D eigenvalue weighted by Gasteiger charge is 2.18. The van der Waals surface area contributed by atoms with Crippen LogP contribution >= 0.6 is 0 Å². The molecule has 128 valence electrons. The van der Waals surface area contributed by atoms with Crippen LogP contribution in [-0.4, -0.2) is 28.5 Å². The molecule has 2 aromatic rings. The zero-order chi connectivity index (χ0) is 16.8. The molecular weight excluding hydrogens is 302 g/mol. The third-order valence-electron chi connectivity index (χ3n) is 4.38. The van der Waals surface area contributed by atoms with Gasteiger partial charge in [-0.3, -0.25) is 9.67 Å². The summed E-state index contributed by atoms with van der Waals surface area (Å²) in [5, 5.41) is 4.47. The highest BCUT2D eigenvalue weighted by molar-refractivity contribution is 5.67. The van der Waals surface area contributed by atoms with Crippen LogP contribution in [0.3, 0.4) is 0 Å². The molecule has 0 aliphatic heterocycles. The van der Waals surface area contributed by atoms with Crippen LogP contribution < -0.4 is 9.47 Å².